The Morgan fingerprint density at radius 1 is 0.969 bits per heavy atom. The Hall–Kier alpha value is -3.28. The van der Waals surface area contributed by atoms with Gasteiger partial charge in [-0.2, -0.15) is 0 Å². The normalized spacial score (nSPS) is 11.4. The van der Waals surface area contributed by atoms with Crippen molar-refractivity contribution in [3.8, 4) is 11.1 Å². The number of rotatable bonds is 5. The number of nitrogens with zero attached hydrogens (tertiary/aromatic N) is 1. The first kappa shape index (κ1) is 20.6. The number of nitrogens with two attached hydrogens (primary N) is 2. The molecule has 2 aromatic heterocycles. The number of benzene rings is 3. The fourth-order valence-electron chi connectivity index (χ4n) is 4.38. The Balaban J connectivity index is 1.68. The van der Waals surface area contributed by atoms with Gasteiger partial charge in [-0.15, -0.1) is 11.3 Å². The molecule has 5 rings (SSSR count). The number of aryl methyl sites for hydroxylation is 1. The maximum atomic E-state index is 11.3. The van der Waals surface area contributed by atoms with Gasteiger partial charge in [0, 0.05) is 56.0 Å². The van der Waals surface area contributed by atoms with Crippen LogP contribution in [0.5, 0.6) is 0 Å². The maximum absolute atomic E-state index is 11.3. The molecule has 4 N–H and O–H groups in total. The number of aromatic nitrogens is 1. The van der Waals surface area contributed by atoms with E-state index in [0.717, 1.165) is 38.9 Å². The number of nitrogen functional groups attached to an aromatic ring is 2. The van der Waals surface area contributed by atoms with E-state index in [1.807, 2.05) is 24.3 Å². The zero-order valence-corrected chi connectivity index (χ0v) is 19.1. The van der Waals surface area contributed by atoms with Crippen LogP contribution in [0.2, 0.25) is 5.02 Å². The highest BCUT2D eigenvalue weighted by Crippen LogP contribution is 2.35. The second-order valence-corrected chi connectivity index (χ2v) is 9.74. The Bertz CT molecular complexity index is 1480. The van der Waals surface area contributed by atoms with Gasteiger partial charge in [0.05, 0.1) is 0 Å². The third-order valence-corrected chi connectivity index (χ3v) is 7.23. The molecule has 32 heavy (non-hydrogen) atoms. The fourth-order valence-corrected chi connectivity index (χ4v) is 5.61. The molecule has 0 fully saturated rings. The largest absolute Gasteiger partial charge is 0.399 e. The summed E-state index contributed by atoms with van der Waals surface area (Å²) in [5.41, 5.74) is 18.6. The quantitative estimate of drug-likeness (QED) is 0.234. The van der Waals surface area contributed by atoms with Gasteiger partial charge in [-0.25, -0.2) is 0 Å². The highest BCUT2D eigenvalue weighted by Gasteiger charge is 2.15. The van der Waals surface area contributed by atoms with E-state index >= 15 is 0 Å². The average Bonchev–Trinajstić information content (AvgIpc) is 3.25. The lowest BCUT2D eigenvalue weighted by molar-refractivity contribution is -0.107. The lowest BCUT2D eigenvalue weighted by atomic mass is 10.0. The van der Waals surface area contributed by atoms with Crippen LogP contribution in [0.1, 0.15) is 16.0 Å². The first-order valence-corrected chi connectivity index (χ1v) is 11.5. The molecular weight excluding hydrogens is 438 g/mol. The van der Waals surface area contributed by atoms with Crippen molar-refractivity contribution >= 4 is 61.6 Å². The summed E-state index contributed by atoms with van der Waals surface area (Å²) in [5, 5.41) is 2.99. The van der Waals surface area contributed by atoms with Crippen molar-refractivity contribution in [2.45, 2.75) is 19.9 Å². The lowest BCUT2D eigenvalue weighted by Gasteiger charge is -2.09. The van der Waals surface area contributed by atoms with Crippen molar-refractivity contribution in [3.05, 3.63) is 81.8 Å². The Kier molecular flexibility index (Phi) is 5.16. The smallest absolute Gasteiger partial charge is 0.124 e. The molecule has 5 aromatic rings. The highest BCUT2D eigenvalue weighted by molar-refractivity contribution is 7.19. The molecule has 0 saturated carbocycles. The van der Waals surface area contributed by atoms with Crippen LogP contribution in [0.15, 0.2) is 60.8 Å². The molecule has 0 spiro atoms. The van der Waals surface area contributed by atoms with Gasteiger partial charge in [0.2, 0.25) is 0 Å². The average molecular weight is 460 g/mol. The number of halogens is 1. The topological polar surface area (TPSA) is 74.0 Å². The van der Waals surface area contributed by atoms with Crippen molar-refractivity contribution in [2.24, 2.45) is 0 Å². The number of carbonyl (C=O) groups is 1. The molecule has 2 heterocycles. The van der Waals surface area contributed by atoms with E-state index in [1.54, 1.807) is 17.4 Å². The van der Waals surface area contributed by atoms with Crippen LogP contribution in [0, 0.1) is 6.92 Å². The third-order valence-electron chi connectivity index (χ3n) is 5.86. The van der Waals surface area contributed by atoms with Crippen LogP contribution in [0.4, 0.5) is 11.4 Å². The van der Waals surface area contributed by atoms with E-state index in [1.165, 1.54) is 20.5 Å². The van der Waals surface area contributed by atoms with E-state index in [0.29, 0.717) is 24.3 Å². The number of thiophene rings is 1. The first-order chi connectivity index (χ1) is 15.4. The van der Waals surface area contributed by atoms with Crippen molar-refractivity contribution in [3.63, 3.8) is 0 Å². The minimum atomic E-state index is 0.378. The Labute approximate surface area is 195 Å². The third kappa shape index (κ3) is 3.64. The number of anilines is 2. The number of hydrogen-bond acceptors (Lipinski definition) is 4. The molecule has 0 bridgehead atoms. The molecule has 0 radical (unpaired) electrons. The monoisotopic (exact) mass is 459 g/mol. The summed E-state index contributed by atoms with van der Waals surface area (Å²) < 4.78 is 3.45. The molecule has 0 unspecified atom stereocenters. The van der Waals surface area contributed by atoms with Gasteiger partial charge < -0.3 is 20.8 Å². The van der Waals surface area contributed by atoms with E-state index in [2.05, 4.69) is 42.0 Å². The minimum Gasteiger partial charge on any atom is -0.399 e. The van der Waals surface area contributed by atoms with Gasteiger partial charge in [0.25, 0.3) is 0 Å². The van der Waals surface area contributed by atoms with Gasteiger partial charge in [0.15, 0.2) is 0 Å². The predicted octanol–water partition coefficient (Wildman–Crippen LogP) is 6.44. The van der Waals surface area contributed by atoms with E-state index in [4.69, 9.17) is 23.1 Å². The summed E-state index contributed by atoms with van der Waals surface area (Å²) in [6, 6.07) is 17.9. The predicted molar refractivity (Wildman–Crippen MR) is 137 cm³/mol. The van der Waals surface area contributed by atoms with Crippen LogP contribution in [-0.4, -0.2) is 10.9 Å². The molecule has 0 aliphatic heterocycles. The number of aldehydes is 1. The van der Waals surface area contributed by atoms with E-state index in [-0.39, 0.29) is 0 Å². The molecule has 6 heteroatoms. The second kappa shape index (κ2) is 8.01. The number of hydrogen-bond donors (Lipinski definition) is 2. The highest BCUT2D eigenvalue weighted by atomic mass is 35.5. The van der Waals surface area contributed by atoms with Gasteiger partial charge in [-0.3, -0.25) is 0 Å². The standard InChI is InChI=1S/C26H22ClN3OS/c1-15-24(23-11-19(27)3-5-26(23)32-15)14-30-13-17(6-7-31)22-4-2-16(10-25(22)30)18-8-20(28)12-21(29)9-18/h2-5,7-13H,6,14,28-29H2,1H3. The Morgan fingerprint density at radius 2 is 1.75 bits per heavy atom. The summed E-state index contributed by atoms with van der Waals surface area (Å²) in [6.07, 6.45) is 3.42. The zero-order valence-electron chi connectivity index (χ0n) is 17.6. The minimum absolute atomic E-state index is 0.378. The molecule has 0 saturated heterocycles. The lowest BCUT2D eigenvalue weighted by Crippen LogP contribution is -1.99. The summed E-state index contributed by atoms with van der Waals surface area (Å²) in [7, 11) is 0. The molecule has 0 atom stereocenters. The molecule has 0 amide bonds. The maximum Gasteiger partial charge on any atom is 0.124 e. The first-order valence-electron chi connectivity index (χ1n) is 10.3. The van der Waals surface area contributed by atoms with Crippen molar-refractivity contribution in [1.82, 2.24) is 4.57 Å². The van der Waals surface area contributed by atoms with Gasteiger partial charge in [-0.05, 0) is 77.0 Å². The summed E-state index contributed by atoms with van der Waals surface area (Å²) >= 11 is 8.07. The molecule has 0 aliphatic carbocycles. The van der Waals surface area contributed by atoms with Crippen molar-refractivity contribution < 1.29 is 4.79 Å². The zero-order chi connectivity index (χ0) is 22.4. The van der Waals surface area contributed by atoms with Gasteiger partial charge >= 0.3 is 0 Å². The molecule has 4 nitrogen and oxygen atoms in total. The fraction of sp³-hybridized carbons (Fsp3) is 0.115. The van der Waals surface area contributed by atoms with Crippen LogP contribution in [0.25, 0.3) is 32.1 Å². The van der Waals surface area contributed by atoms with Gasteiger partial charge in [0.1, 0.15) is 6.29 Å². The van der Waals surface area contributed by atoms with Gasteiger partial charge in [-0.1, -0.05) is 23.7 Å². The second-order valence-electron chi connectivity index (χ2n) is 8.05. The molecule has 0 aliphatic rings. The Morgan fingerprint density at radius 3 is 2.50 bits per heavy atom. The molecular formula is C26H22ClN3OS. The van der Waals surface area contributed by atoms with Crippen LogP contribution < -0.4 is 11.5 Å². The van der Waals surface area contributed by atoms with Crippen LogP contribution >= 0.6 is 22.9 Å². The molecule has 3 aromatic carbocycles. The van der Waals surface area contributed by atoms with E-state index in [9.17, 15) is 4.79 Å². The summed E-state index contributed by atoms with van der Waals surface area (Å²) in [6.45, 7) is 2.84. The SMILES string of the molecule is Cc1sc2ccc(Cl)cc2c1Cn1cc(CC=O)c2ccc(-c3cc(N)cc(N)c3)cc21. The van der Waals surface area contributed by atoms with Crippen LogP contribution in [-0.2, 0) is 17.8 Å². The van der Waals surface area contributed by atoms with Crippen LogP contribution in [0.3, 0.4) is 0 Å². The van der Waals surface area contributed by atoms with Crippen molar-refractivity contribution in [1.29, 1.82) is 0 Å². The number of carbonyl (C=O) groups excluding carboxylic acids is 1. The van der Waals surface area contributed by atoms with E-state index < -0.39 is 0 Å². The molecule has 160 valence electrons. The summed E-state index contributed by atoms with van der Waals surface area (Å²) in [5.74, 6) is 0. The summed E-state index contributed by atoms with van der Waals surface area (Å²) in [4.78, 5) is 12.6. The van der Waals surface area contributed by atoms with Crippen molar-refractivity contribution in [2.75, 3.05) is 11.5 Å². The number of fused-ring (bicyclic) bond motifs is 2.